The van der Waals surface area contributed by atoms with Gasteiger partial charge in [-0.1, -0.05) is 13.3 Å². The lowest BCUT2D eigenvalue weighted by Gasteiger charge is -2.33. The van der Waals surface area contributed by atoms with Gasteiger partial charge in [0, 0.05) is 19.4 Å². The van der Waals surface area contributed by atoms with Crippen molar-refractivity contribution < 1.29 is 19.5 Å². The molecule has 2 atom stereocenters. The number of hydrogen-bond donors (Lipinski definition) is 2. The molecule has 2 fully saturated rings. The van der Waals surface area contributed by atoms with Crippen molar-refractivity contribution in [1.82, 2.24) is 10.2 Å². The van der Waals surface area contributed by atoms with E-state index in [2.05, 4.69) is 5.32 Å². The molecule has 2 N–H and O–H groups in total. The first kappa shape index (κ1) is 15.9. The van der Waals surface area contributed by atoms with Crippen LogP contribution in [0.1, 0.15) is 51.9 Å². The molecule has 0 bridgehead atoms. The third-order valence-electron chi connectivity index (χ3n) is 4.75. The summed E-state index contributed by atoms with van der Waals surface area (Å²) in [7, 11) is 0. The Kier molecular flexibility index (Phi) is 4.98. The Morgan fingerprint density at radius 3 is 2.62 bits per heavy atom. The largest absolute Gasteiger partial charge is 0.480 e. The van der Waals surface area contributed by atoms with Crippen molar-refractivity contribution in [3.8, 4) is 0 Å². The number of carbonyl (C=O) groups excluding carboxylic acids is 2. The molecule has 2 rings (SSSR count). The smallest absolute Gasteiger partial charge is 0.324 e. The molecule has 0 spiro atoms. The van der Waals surface area contributed by atoms with E-state index in [4.69, 9.17) is 0 Å². The summed E-state index contributed by atoms with van der Waals surface area (Å²) in [6.45, 7) is 3.03. The Labute approximate surface area is 124 Å². The summed E-state index contributed by atoms with van der Waals surface area (Å²) in [6.07, 6.45) is 4.36. The van der Waals surface area contributed by atoms with E-state index >= 15 is 0 Å². The second-order valence-electron chi connectivity index (χ2n) is 6.02. The normalized spacial score (nSPS) is 29.4. The van der Waals surface area contributed by atoms with Crippen molar-refractivity contribution in [2.75, 3.05) is 13.1 Å². The average molecular weight is 296 g/mol. The molecule has 6 heteroatoms. The molecule has 1 aliphatic carbocycles. The van der Waals surface area contributed by atoms with E-state index in [0.717, 1.165) is 19.3 Å². The fourth-order valence-corrected chi connectivity index (χ4v) is 3.56. The number of carboxylic acid groups (broad SMARTS) is 1. The summed E-state index contributed by atoms with van der Waals surface area (Å²) in [4.78, 5) is 36.3. The van der Waals surface area contributed by atoms with E-state index in [1.165, 1.54) is 4.90 Å². The number of carbonyl (C=O) groups is 3. The van der Waals surface area contributed by atoms with Crippen LogP contribution in [0.25, 0.3) is 0 Å². The van der Waals surface area contributed by atoms with Gasteiger partial charge in [0.15, 0.2) is 0 Å². The van der Waals surface area contributed by atoms with E-state index in [0.29, 0.717) is 38.8 Å². The van der Waals surface area contributed by atoms with Gasteiger partial charge in [0.25, 0.3) is 0 Å². The van der Waals surface area contributed by atoms with Gasteiger partial charge < -0.3 is 10.4 Å². The van der Waals surface area contributed by atoms with Crippen LogP contribution in [0, 0.1) is 5.92 Å². The van der Waals surface area contributed by atoms with Gasteiger partial charge in [-0.15, -0.1) is 0 Å². The maximum absolute atomic E-state index is 11.8. The number of rotatable bonds is 7. The molecule has 2 amide bonds. The molecule has 118 valence electrons. The minimum absolute atomic E-state index is 0.0252. The van der Waals surface area contributed by atoms with E-state index in [1.54, 1.807) is 0 Å². The zero-order valence-electron chi connectivity index (χ0n) is 12.6. The Hall–Kier alpha value is -1.43. The summed E-state index contributed by atoms with van der Waals surface area (Å²) in [5, 5.41) is 12.9. The van der Waals surface area contributed by atoms with Gasteiger partial charge in [0.05, 0.1) is 0 Å². The van der Waals surface area contributed by atoms with E-state index in [9.17, 15) is 19.5 Å². The molecule has 21 heavy (non-hydrogen) atoms. The Bertz CT molecular complexity index is 421. The molecule has 2 aliphatic rings. The minimum Gasteiger partial charge on any atom is -0.480 e. The molecule has 1 heterocycles. The van der Waals surface area contributed by atoms with Crippen LogP contribution in [0.15, 0.2) is 0 Å². The van der Waals surface area contributed by atoms with E-state index in [1.807, 2.05) is 6.92 Å². The van der Waals surface area contributed by atoms with Gasteiger partial charge in [-0.05, 0) is 38.1 Å². The summed E-state index contributed by atoms with van der Waals surface area (Å²) >= 11 is 0. The Morgan fingerprint density at radius 2 is 2.05 bits per heavy atom. The number of likely N-dealkylation sites (tertiary alicyclic amines) is 1. The number of aliphatic carboxylic acids is 1. The van der Waals surface area contributed by atoms with Crippen molar-refractivity contribution in [2.24, 2.45) is 5.92 Å². The van der Waals surface area contributed by atoms with Gasteiger partial charge >= 0.3 is 5.97 Å². The standard InChI is InChI=1S/C15H24N2O4/c1-2-9-16-15(14(20)21)8-3-4-11(15)7-10-17-12(18)5-6-13(17)19/h11,16H,2-10H2,1H3,(H,20,21). The predicted octanol–water partition coefficient (Wildman–Crippen LogP) is 1.15. The summed E-state index contributed by atoms with van der Waals surface area (Å²) in [5.41, 5.74) is -0.887. The summed E-state index contributed by atoms with van der Waals surface area (Å²) < 4.78 is 0. The molecule has 0 aromatic carbocycles. The van der Waals surface area contributed by atoms with Crippen LogP contribution in [0.5, 0.6) is 0 Å². The number of hydrogen-bond acceptors (Lipinski definition) is 4. The number of carboxylic acids is 1. The van der Waals surface area contributed by atoms with Gasteiger partial charge in [-0.2, -0.15) is 0 Å². The van der Waals surface area contributed by atoms with E-state index < -0.39 is 11.5 Å². The molecule has 1 saturated carbocycles. The maximum atomic E-state index is 11.8. The van der Waals surface area contributed by atoms with E-state index in [-0.39, 0.29) is 17.7 Å². The first-order chi connectivity index (χ1) is 10.0. The highest BCUT2D eigenvalue weighted by atomic mass is 16.4. The molecule has 0 aromatic heterocycles. The van der Waals surface area contributed by atoms with Crippen LogP contribution in [-0.2, 0) is 14.4 Å². The zero-order valence-corrected chi connectivity index (χ0v) is 12.6. The lowest BCUT2D eigenvalue weighted by molar-refractivity contribution is -0.146. The fraction of sp³-hybridized carbons (Fsp3) is 0.800. The molecule has 0 aromatic rings. The average Bonchev–Trinajstić information content (AvgIpc) is 3.00. The van der Waals surface area contributed by atoms with Crippen LogP contribution >= 0.6 is 0 Å². The topological polar surface area (TPSA) is 86.7 Å². The lowest BCUT2D eigenvalue weighted by Crippen LogP contribution is -2.55. The van der Waals surface area contributed by atoms with Crippen molar-refractivity contribution in [1.29, 1.82) is 0 Å². The number of amides is 2. The van der Waals surface area contributed by atoms with Crippen LogP contribution < -0.4 is 5.32 Å². The Balaban J connectivity index is 2.01. The van der Waals surface area contributed by atoms with Crippen LogP contribution in [-0.4, -0.2) is 46.4 Å². The molecular weight excluding hydrogens is 272 g/mol. The number of nitrogens with one attached hydrogen (secondary N) is 1. The number of imide groups is 1. The highest BCUT2D eigenvalue weighted by Gasteiger charge is 2.48. The van der Waals surface area contributed by atoms with Gasteiger partial charge in [0.1, 0.15) is 5.54 Å². The second kappa shape index (κ2) is 6.56. The minimum atomic E-state index is -0.887. The zero-order chi connectivity index (χ0) is 15.5. The summed E-state index contributed by atoms with van der Waals surface area (Å²) in [6, 6.07) is 0. The summed E-state index contributed by atoms with van der Waals surface area (Å²) in [5.74, 6) is -1.08. The van der Waals surface area contributed by atoms with Gasteiger partial charge in [0.2, 0.25) is 11.8 Å². The predicted molar refractivity (Wildman–Crippen MR) is 76.6 cm³/mol. The number of nitrogens with zero attached hydrogens (tertiary/aromatic N) is 1. The van der Waals surface area contributed by atoms with Crippen molar-refractivity contribution in [3.05, 3.63) is 0 Å². The molecule has 1 saturated heterocycles. The van der Waals surface area contributed by atoms with Crippen LogP contribution in [0.2, 0.25) is 0 Å². The van der Waals surface area contributed by atoms with Crippen LogP contribution in [0.4, 0.5) is 0 Å². The highest BCUT2D eigenvalue weighted by molar-refractivity contribution is 6.01. The first-order valence-electron chi connectivity index (χ1n) is 7.83. The monoisotopic (exact) mass is 296 g/mol. The highest BCUT2D eigenvalue weighted by Crippen LogP contribution is 2.38. The quantitative estimate of drug-likeness (QED) is 0.688. The van der Waals surface area contributed by atoms with Gasteiger partial charge in [-0.25, -0.2) is 0 Å². The molecule has 1 aliphatic heterocycles. The molecule has 0 radical (unpaired) electrons. The maximum Gasteiger partial charge on any atom is 0.324 e. The van der Waals surface area contributed by atoms with Crippen molar-refractivity contribution >= 4 is 17.8 Å². The fourth-order valence-electron chi connectivity index (χ4n) is 3.56. The second-order valence-corrected chi connectivity index (χ2v) is 6.02. The molecule has 6 nitrogen and oxygen atoms in total. The SMILES string of the molecule is CCCNC1(C(=O)O)CCCC1CCN1C(=O)CCC1=O. The Morgan fingerprint density at radius 1 is 1.38 bits per heavy atom. The molecular formula is C15H24N2O4. The third kappa shape index (κ3) is 3.10. The van der Waals surface area contributed by atoms with Gasteiger partial charge in [-0.3, -0.25) is 19.3 Å². The van der Waals surface area contributed by atoms with Crippen molar-refractivity contribution in [3.63, 3.8) is 0 Å². The lowest BCUT2D eigenvalue weighted by atomic mass is 9.84. The van der Waals surface area contributed by atoms with Crippen molar-refractivity contribution in [2.45, 2.75) is 57.4 Å². The first-order valence-corrected chi connectivity index (χ1v) is 7.83. The molecule has 2 unspecified atom stereocenters. The third-order valence-corrected chi connectivity index (χ3v) is 4.75. The van der Waals surface area contributed by atoms with Crippen LogP contribution in [0.3, 0.4) is 0 Å².